The van der Waals surface area contributed by atoms with Gasteiger partial charge in [-0.3, -0.25) is 5.32 Å². The second-order valence-corrected chi connectivity index (χ2v) is 2.34. The van der Waals surface area contributed by atoms with Crippen molar-refractivity contribution in [2.75, 3.05) is 20.8 Å². The number of rotatable bonds is 0. The van der Waals surface area contributed by atoms with E-state index < -0.39 is 0 Å². The highest BCUT2D eigenvalue weighted by molar-refractivity contribution is 6.20. The van der Waals surface area contributed by atoms with Crippen LogP contribution >= 0.6 is 11.6 Å². The minimum absolute atomic E-state index is 0.0278. The molecule has 0 aromatic carbocycles. The lowest BCUT2D eigenvalue weighted by atomic mass is 11.0. The Kier molecular flexibility index (Phi) is 1.72. The van der Waals surface area contributed by atoms with E-state index in [0.717, 1.165) is 6.67 Å². The Balaban J connectivity index is 2.44. The van der Waals surface area contributed by atoms with Crippen LogP contribution in [0.2, 0.25) is 0 Å². The molecule has 1 rings (SSSR count). The van der Waals surface area contributed by atoms with E-state index in [4.69, 9.17) is 11.6 Å². The number of hydrogen-bond acceptors (Lipinski definition) is 3. The monoisotopic (exact) mass is 135 g/mol. The van der Waals surface area contributed by atoms with Gasteiger partial charge in [-0.2, -0.15) is 0 Å². The predicted octanol–water partition coefficient (Wildman–Crippen LogP) is -0.152. The van der Waals surface area contributed by atoms with Crippen molar-refractivity contribution in [3.05, 3.63) is 0 Å². The van der Waals surface area contributed by atoms with E-state index in [0.29, 0.717) is 0 Å². The summed E-state index contributed by atoms with van der Waals surface area (Å²) < 4.78 is 0. The summed E-state index contributed by atoms with van der Waals surface area (Å²) in [5.41, 5.74) is -0.0278. The van der Waals surface area contributed by atoms with Gasteiger partial charge in [-0.1, -0.05) is 11.6 Å². The van der Waals surface area contributed by atoms with Gasteiger partial charge in [-0.05, 0) is 0 Å². The molecule has 1 aliphatic heterocycles. The van der Waals surface area contributed by atoms with Gasteiger partial charge in [0.05, 0.1) is 6.67 Å². The minimum Gasteiger partial charge on any atom is -0.274 e. The summed E-state index contributed by atoms with van der Waals surface area (Å²) in [6.07, 6.45) is 0. The van der Waals surface area contributed by atoms with Crippen LogP contribution in [0.15, 0.2) is 0 Å². The van der Waals surface area contributed by atoms with Crippen LogP contribution in [0.25, 0.3) is 0 Å². The second-order valence-electron chi connectivity index (χ2n) is 1.93. The van der Waals surface area contributed by atoms with E-state index in [1.54, 1.807) is 0 Å². The number of halogens is 1. The normalized spacial score (nSPS) is 34.1. The third-order valence-electron chi connectivity index (χ3n) is 1.36. The summed E-state index contributed by atoms with van der Waals surface area (Å²) in [5, 5.41) is 6.98. The molecule has 1 atom stereocenters. The van der Waals surface area contributed by atoms with Gasteiger partial charge in [0.15, 0.2) is 5.62 Å². The zero-order chi connectivity index (χ0) is 6.15. The quantitative estimate of drug-likeness (QED) is 0.368. The van der Waals surface area contributed by atoms with Gasteiger partial charge in [0.2, 0.25) is 0 Å². The number of nitrogens with one attached hydrogen (secondary N) is 1. The Morgan fingerprint density at radius 2 is 2.25 bits per heavy atom. The summed E-state index contributed by atoms with van der Waals surface area (Å²) in [4.78, 5) is 0. The minimum atomic E-state index is -0.0278. The van der Waals surface area contributed by atoms with Gasteiger partial charge in [0.25, 0.3) is 0 Å². The summed E-state index contributed by atoms with van der Waals surface area (Å²) in [7, 11) is 3.92. The third-order valence-corrected chi connectivity index (χ3v) is 1.79. The first kappa shape index (κ1) is 6.29. The largest absolute Gasteiger partial charge is 0.274 e. The Bertz CT molecular complexity index is 77.4. The summed E-state index contributed by atoms with van der Waals surface area (Å²) in [5.74, 6) is 0. The zero-order valence-corrected chi connectivity index (χ0v) is 5.81. The maximum absolute atomic E-state index is 5.73. The molecule has 1 N–H and O–H groups in total. The van der Waals surface area contributed by atoms with Crippen LogP contribution < -0.4 is 5.32 Å². The molecule has 3 nitrogen and oxygen atoms in total. The third kappa shape index (κ3) is 0.951. The molecule has 0 saturated carbocycles. The van der Waals surface area contributed by atoms with Crippen molar-refractivity contribution >= 4 is 11.6 Å². The lowest BCUT2D eigenvalue weighted by Crippen LogP contribution is -2.32. The molecule has 0 aromatic rings. The van der Waals surface area contributed by atoms with Gasteiger partial charge >= 0.3 is 0 Å². The Morgan fingerprint density at radius 3 is 2.38 bits per heavy atom. The zero-order valence-electron chi connectivity index (χ0n) is 5.06. The average Bonchev–Trinajstić information content (AvgIpc) is 1.98. The fourth-order valence-corrected chi connectivity index (χ4v) is 0.842. The molecule has 4 heteroatoms. The molecule has 0 amide bonds. The van der Waals surface area contributed by atoms with Crippen LogP contribution in [0.5, 0.6) is 0 Å². The van der Waals surface area contributed by atoms with E-state index in [1.807, 2.05) is 24.1 Å². The Morgan fingerprint density at radius 1 is 1.62 bits per heavy atom. The first-order valence-electron chi connectivity index (χ1n) is 2.53. The highest BCUT2D eigenvalue weighted by Crippen LogP contribution is 2.06. The summed E-state index contributed by atoms with van der Waals surface area (Å²) in [6, 6.07) is 0. The van der Waals surface area contributed by atoms with Crippen LogP contribution in [-0.4, -0.2) is 36.4 Å². The highest BCUT2D eigenvalue weighted by atomic mass is 35.5. The molecular formula is C4H10ClN3. The molecule has 0 bridgehead atoms. The van der Waals surface area contributed by atoms with Gasteiger partial charge < -0.3 is 0 Å². The number of hydrazine groups is 1. The van der Waals surface area contributed by atoms with E-state index in [2.05, 4.69) is 5.32 Å². The van der Waals surface area contributed by atoms with E-state index in [9.17, 15) is 0 Å². The lowest BCUT2D eigenvalue weighted by molar-refractivity contribution is 0.0774. The SMILES string of the molecule is CN1CNC(Cl)N1C. The molecule has 48 valence electrons. The van der Waals surface area contributed by atoms with Crippen molar-refractivity contribution in [3.8, 4) is 0 Å². The van der Waals surface area contributed by atoms with E-state index in [1.165, 1.54) is 0 Å². The van der Waals surface area contributed by atoms with Crippen molar-refractivity contribution in [1.82, 2.24) is 15.3 Å². The molecule has 0 aromatic heterocycles. The second kappa shape index (κ2) is 2.19. The molecule has 8 heavy (non-hydrogen) atoms. The Hall–Kier alpha value is 0.170. The standard InChI is InChI=1S/C4H10ClN3/c1-7-3-6-4(5)8(7)2/h4,6H,3H2,1-2H3. The van der Waals surface area contributed by atoms with Crippen LogP contribution in [-0.2, 0) is 0 Å². The van der Waals surface area contributed by atoms with Crippen molar-refractivity contribution in [2.45, 2.75) is 5.62 Å². The van der Waals surface area contributed by atoms with Gasteiger partial charge in [0.1, 0.15) is 0 Å². The predicted molar refractivity (Wildman–Crippen MR) is 33.2 cm³/mol. The fraction of sp³-hybridized carbons (Fsp3) is 1.00. The van der Waals surface area contributed by atoms with Crippen molar-refractivity contribution in [1.29, 1.82) is 0 Å². The van der Waals surface area contributed by atoms with Gasteiger partial charge in [-0.15, -0.1) is 0 Å². The van der Waals surface area contributed by atoms with E-state index in [-0.39, 0.29) is 5.62 Å². The van der Waals surface area contributed by atoms with Gasteiger partial charge in [-0.25, -0.2) is 10.0 Å². The van der Waals surface area contributed by atoms with Crippen molar-refractivity contribution in [3.63, 3.8) is 0 Å². The molecule has 0 spiro atoms. The molecule has 1 saturated heterocycles. The molecular weight excluding hydrogens is 126 g/mol. The molecule has 1 aliphatic rings. The smallest absolute Gasteiger partial charge is 0.151 e. The fourth-order valence-electron chi connectivity index (χ4n) is 0.624. The maximum Gasteiger partial charge on any atom is 0.151 e. The first-order valence-corrected chi connectivity index (χ1v) is 2.97. The first-order chi connectivity index (χ1) is 3.72. The molecule has 1 unspecified atom stereocenters. The molecule has 1 fully saturated rings. The lowest BCUT2D eigenvalue weighted by Gasteiger charge is -2.18. The van der Waals surface area contributed by atoms with Crippen LogP contribution in [0, 0.1) is 0 Å². The molecule has 0 radical (unpaired) electrons. The average molecular weight is 136 g/mol. The molecule has 0 aliphatic carbocycles. The van der Waals surface area contributed by atoms with Gasteiger partial charge in [0, 0.05) is 14.1 Å². The topological polar surface area (TPSA) is 18.5 Å². The van der Waals surface area contributed by atoms with Crippen LogP contribution in [0.1, 0.15) is 0 Å². The van der Waals surface area contributed by atoms with E-state index >= 15 is 0 Å². The van der Waals surface area contributed by atoms with Crippen molar-refractivity contribution < 1.29 is 0 Å². The van der Waals surface area contributed by atoms with Crippen LogP contribution in [0.4, 0.5) is 0 Å². The summed E-state index contributed by atoms with van der Waals surface area (Å²) in [6.45, 7) is 0.838. The number of nitrogens with zero attached hydrogens (tertiary/aromatic N) is 2. The highest BCUT2D eigenvalue weighted by Gasteiger charge is 2.21. The summed E-state index contributed by atoms with van der Waals surface area (Å²) >= 11 is 5.73. The van der Waals surface area contributed by atoms with Crippen molar-refractivity contribution in [2.24, 2.45) is 0 Å². The Labute approximate surface area is 54.2 Å². The van der Waals surface area contributed by atoms with Crippen LogP contribution in [0.3, 0.4) is 0 Å². The maximum atomic E-state index is 5.73. The number of alkyl halides is 1. The number of hydrogen-bond donors (Lipinski definition) is 1. The molecule has 1 heterocycles.